The quantitative estimate of drug-likeness (QED) is 0.442. The number of allylic oxidation sites excluding steroid dienone is 1. The lowest BCUT2D eigenvalue weighted by atomic mass is 9.73. The van der Waals surface area contributed by atoms with Crippen molar-refractivity contribution < 1.29 is 24.5 Å². The number of aromatic nitrogens is 1. The van der Waals surface area contributed by atoms with Gasteiger partial charge in [0.05, 0.1) is 34.7 Å². The zero-order valence-corrected chi connectivity index (χ0v) is 22.2. The number of hydrogen-bond donors (Lipinski definition) is 2. The molecular formula is C27H41NO5S. The second-order valence-electron chi connectivity index (χ2n) is 10.0. The van der Waals surface area contributed by atoms with Crippen LogP contribution in [0.4, 0.5) is 0 Å². The summed E-state index contributed by atoms with van der Waals surface area (Å²) in [6, 6.07) is 0. The Morgan fingerprint density at radius 3 is 2.59 bits per heavy atom. The van der Waals surface area contributed by atoms with Gasteiger partial charge >= 0.3 is 5.97 Å². The second kappa shape index (κ2) is 12.8. The van der Waals surface area contributed by atoms with E-state index in [1.807, 2.05) is 38.3 Å². The Balaban J connectivity index is 2.32. The van der Waals surface area contributed by atoms with Crippen LogP contribution in [-0.4, -0.2) is 45.3 Å². The number of nitrogens with zero attached hydrogens (tertiary/aromatic N) is 1. The first kappa shape index (κ1) is 28.4. The first-order valence-electron chi connectivity index (χ1n) is 12.3. The maximum atomic E-state index is 13.2. The van der Waals surface area contributed by atoms with Gasteiger partial charge in [-0.25, -0.2) is 4.98 Å². The molecule has 0 saturated heterocycles. The summed E-state index contributed by atoms with van der Waals surface area (Å²) in [5, 5.41) is 24.5. The van der Waals surface area contributed by atoms with E-state index in [1.165, 1.54) is 0 Å². The molecule has 0 fully saturated rings. The fraction of sp³-hybridized carbons (Fsp3) is 0.667. The average Bonchev–Trinajstić information content (AvgIpc) is 3.20. The predicted molar refractivity (Wildman–Crippen MR) is 136 cm³/mol. The lowest BCUT2D eigenvalue weighted by Gasteiger charge is -2.34. The molecule has 0 radical (unpaired) electrons. The molecule has 0 aliphatic carbocycles. The summed E-state index contributed by atoms with van der Waals surface area (Å²) >= 11 is 1.57. The summed E-state index contributed by atoms with van der Waals surface area (Å²) in [6.45, 7) is 10.9. The Kier molecular flexibility index (Phi) is 10.7. The Bertz CT molecular complexity index is 887. The molecule has 190 valence electrons. The van der Waals surface area contributed by atoms with Crippen LogP contribution in [0.5, 0.6) is 0 Å². The van der Waals surface area contributed by atoms with Gasteiger partial charge in [0.1, 0.15) is 11.9 Å². The maximum Gasteiger partial charge on any atom is 0.309 e. The standard InChI is InChI=1S/C27H41NO5S/c1-7-20(14-21-16-34-19(4)28-21)22-13-11-9-8-10-12-17(2)25(31)18(3)26(32)27(5,6)23(29)15-24(30)33-22/h9,11,14,16-18,22-23,25,29,31H,7-8,10,12-13,15H2,1-6H3/b11-9-,20-14+/t17-,18+,22-,23-,25-/m0/s1. The Morgan fingerprint density at radius 1 is 1.26 bits per heavy atom. The van der Waals surface area contributed by atoms with Crippen molar-refractivity contribution in [3.8, 4) is 0 Å². The predicted octanol–water partition coefficient (Wildman–Crippen LogP) is 5.27. The molecule has 0 aromatic carbocycles. The van der Waals surface area contributed by atoms with Gasteiger partial charge in [0.25, 0.3) is 0 Å². The van der Waals surface area contributed by atoms with Crippen LogP contribution in [0.3, 0.4) is 0 Å². The fourth-order valence-electron chi connectivity index (χ4n) is 4.42. The SMILES string of the molecule is CC/C(=C\c1csc(C)n1)[C@@H]1C/C=C\CCC[C@H](C)[C@H](O)[C@@H](C)C(=O)C(C)(C)[C@@H](O)CC(=O)O1. The number of thiazole rings is 1. The molecule has 0 bridgehead atoms. The normalized spacial score (nSPS) is 31.2. The molecule has 0 amide bonds. The molecule has 0 saturated carbocycles. The minimum absolute atomic E-state index is 0.0397. The van der Waals surface area contributed by atoms with Crippen LogP contribution in [0.1, 0.15) is 83.8 Å². The minimum atomic E-state index is -1.21. The summed E-state index contributed by atoms with van der Waals surface area (Å²) < 4.78 is 5.84. The number of aliphatic hydroxyl groups excluding tert-OH is 2. The van der Waals surface area contributed by atoms with Crippen LogP contribution >= 0.6 is 11.3 Å². The Labute approximate surface area is 208 Å². The zero-order valence-electron chi connectivity index (χ0n) is 21.4. The molecular weight excluding hydrogens is 450 g/mol. The van der Waals surface area contributed by atoms with Gasteiger partial charge < -0.3 is 14.9 Å². The molecule has 2 heterocycles. The van der Waals surface area contributed by atoms with Crippen LogP contribution in [-0.2, 0) is 14.3 Å². The van der Waals surface area contributed by atoms with Gasteiger partial charge in [0.15, 0.2) is 0 Å². The van der Waals surface area contributed by atoms with Crippen LogP contribution in [0.25, 0.3) is 6.08 Å². The number of esters is 1. The van der Waals surface area contributed by atoms with E-state index in [9.17, 15) is 19.8 Å². The van der Waals surface area contributed by atoms with Gasteiger partial charge in [-0.3, -0.25) is 9.59 Å². The van der Waals surface area contributed by atoms with Crippen LogP contribution in [0, 0.1) is 24.2 Å². The molecule has 1 aliphatic heterocycles. The van der Waals surface area contributed by atoms with Crippen molar-refractivity contribution >= 4 is 29.2 Å². The first-order valence-corrected chi connectivity index (χ1v) is 13.2. The monoisotopic (exact) mass is 491 g/mol. The molecule has 34 heavy (non-hydrogen) atoms. The number of aliphatic hydroxyl groups is 2. The number of carbonyl (C=O) groups excluding carboxylic acids is 2. The number of carbonyl (C=O) groups is 2. The molecule has 1 aromatic heterocycles. The third-order valence-electron chi connectivity index (χ3n) is 6.95. The van der Waals surface area contributed by atoms with Crippen molar-refractivity contribution in [2.45, 2.75) is 98.4 Å². The molecule has 0 unspecified atom stereocenters. The van der Waals surface area contributed by atoms with Crippen molar-refractivity contribution in [1.82, 2.24) is 4.98 Å². The number of ketones is 1. The largest absolute Gasteiger partial charge is 0.457 e. The zero-order chi connectivity index (χ0) is 25.5. The second-order valence-corrected chi connectivity index (χ2v) is 11.1. The van der Waals surface area contributed by atoms with E-state index in [2.05, 4.69) is 11.1 Å². The van der Waals surface area contributed by atoms with Gasteiger partial charge in [-0.1, -0.05) is 46.8 Å². The lowest BCUT2D eigenvalue weighted by Crippen LogP contribution is -2.45. The van der Waals surface area contributed by atoms with Crippen molar-refractivity contribution in [3.05, 3.63) is 33.8 Å². The Hall–Kier alpha value is -1.83. The fourth-order valence-corrected chi connectivity index (χ4v) is 4.99. The van der Waals surface area contributed by atoms with Crippen molar-refractivity contribution in [2.24, 2.45) is 17.3 Å². The van der Waals surface area contributed by atoms with Crippen LogP contribution in [0.15, 0.2) is 23.1 Å². The maximum absolute atomic E-state index is 13.2. The van der Waals surface area contributed by atoms with E-state index in [1.54, 1.807) is 32.1 Å². The number of rotatable bonds is 3. The molecule has 7 heteroatoms. The molecule has 1 aromatic rings. The molecule has 2 rings (SSSR count). The highest BCUT2D eigenvalue weighted by Gasteiger charge is 2.42. The summed E-state index contributed by atoms with van der Waals surface area (Å²) in [5.74, 6) is -1.47. The van der Waals surface area contributed by atoms with Crippen LogP contribution < -0.4 is 0 Å². The molecule has 5 atom stereocenters. The summed E-state index contributed by atoms with van der Waals surface area (Å²) in [5.41, 5.74) is 0.618. The molecule has 2 N–H and O–H groups in total. The van der Waals surface area contributed by atoms with Crippen molar-refractivity contribution in [1.29, 1.82) is 0 Å². The van der Waals surface area contributed by atoms with E-state index in [0.717, 1.165) is 35.5 Å². The Morgan fingerprint density at radius 2 is 1.97 bits per heavy atom. The first-order chi connectivity index (χ1) is 16.0. The van der Waals surface area contributed by atoms with Gasteiger partial charge in [-0.15, -0.1) is 11.3 Å². The minimum Gasteiger partial charge on any atom is -0.457 e. The van der Waals surface area contributed by atoms with Crippen molar-refractivity contribution in [2.75, 3.05) is 0 Å². The molecule has 1 aliphatic rings. The summed E-state index contributed by atoms with van der Waals surface area (Å²) in [6.07, 6.45) is 7.10. The highest BCUT2D eigenvalue weighted by molar-refractivity contribution is 7.09. The smallest absolute Gasteiger partial charge is 0.309 e. The summed E-state index contributed by atoms with van der Waals surface area (Å²) in [4.78, 5) is 30.5. The van der Waals surface area contributed by atoms with Gasteiger partial charge in [0.2, 0.25) is 0 Å². The topological polar surface area (TPSA) is 96.7 Å². The van der Waals surface area contributed by atoms with E-state index in [0.29, 0.717) is 12.8 Å². The molecule has 6 nitrogen and oxygen atoms in total. The van der Waals surface area contributed by atoms with Crippen molar-refractivity contribution in [3.63, 3.8) is 0 Å². The number of hydrogen-bond acceptors (Lipinski definition) is 7. The number of ether oxygens (including phenoxy) is 1. The lowest BCUT2D eigenvalue weighted by molar-refractivity contribution is -0.154. The summed E-state index contributed by atoms with van der Waals surface area (Å²) in [7, 11) is 0. The van der Waals surface area contributed by atoms with Gasteiger partial charge in [-0.2, -0.15) is 0 Å². The van der Waals surface area contributed by atoms with E-state index in [4.69, 9.17) is 4.74 Å². The number of cyclic esters (lactones) is 1. The van der Waals surface area contributed by atoms with Crippen LogP contribution in [0.2, 0.25) is 0 Å². The van der Waals surface area contributed by atoms with E-state index in [-0.39, 0.29) is 18.1 Å². The highest BCUT2D eigenvalue weighted by atomic mass is 32.1. The number of aryl methyl sites for hydroxylation is 1. The third kappa shape index (κ3) is 7.59. The average molecular weight is 492 g/mol. The van der Waals surface area contributed by atoms with Gasteiger partial charge in [-0.05, 0) is 50.2 Å². The van der Waals surface area contributed by atoms with E-state index < -0.39 is 35.6 Å². The highest BCUT2D eigenvalue weighted by Crippen LogP contribution is 2.32. The third-order valence-corrected chi connectivity index (χ3v) is 7.74. The molecule has 0 spiro atoms. The number of Topliss-reactive ketones (excluding diaryl/α,β-unsaturated/α-hetero) is 1. The van der Waals surface area contributed by atoms with E-state index >= 15 is 0 Å². The van der Waals surface area contributed by atoms with Gasteiger partial charge in [0, 0.05) is 17.7 Å².